The van der Waals surface area contributed by atoms with E-state index in [-0.39, 0.29) is 30.3 Å². The van der Waals surface area contributed by atoms with E-state index < -0.39 is 33.9 Å². The molecule has 2 N–H and O–H groups in total. The first-order valence-electron chi connectivity index (χ1n) is 12.0. The fourth-order valence-electron chi connectivity index (χ4n) is 4.19. The lowest BCUT2D eigenvalue weighted by Crippen LogP contribution is -2.55. The molecule has 10 nitrogen and oxygen atoms in total. The van der Waals surface area contributed by atoms with Crippen LogP contribution in [0.15, 0.2) is 47.5 Å². The van der Waals surface area contributed by atoms with Gasteiger partial charge < -0.3 is 15.2 Å². The summed E-state index contributed by atoms with van der Waals surface area (Å²) in [5.74, 6) is 1.07. The van der Waals surface area contributed by atoms with E-state index in [4.69, 9.17) is 4.74 Å². The second-order valence-electron chi connectivity index (χ2n) is 10.4. The van der Waals surface area contributed by atoms with Crippen LogP contribution in [0.25, 0.3) is 16.8 Å². The number of β-amino-alcohol motifs (C(OH)–C–C–N with tert-alkyl or cyclic N) is 1. The Bertz CT molecular complexity index is 1350. The standard InChI is InChI=1S/C25H33N5O5S/c1-16(2)23-28-27-22-11-8-18(14-30(22)23)17-6-9-19(10-7-17)36(33,34)29-13-12-20(21(31)15-29)26-24(32)35-25(3,4)5/h6-11,14,16,20-21,31H,12-13,15H2,1-5H3,(H,26,32)/t20-,21+/m0/s1. The van der Waals surface area contributed by atoms with Crippen LogP contribution in [0.3, 0.4) is 0 Å². The van der Waals surface area contributed by atoms with Crippen molar-refractivity contribution in [3.8, 4) is 11.1 Å². The lowest BCUT2D eigenvalue weighted by Gasteiger charge is -2.35. The van der Waals surface area contributed by atoms with Gasteiger partial charge >= 0.3 is 6.09 Å². The topological polar surface area (TPSA) is 126 Å². The minimum atomic E-state index is -3.81. The van der Waals surface area contributed by atoms with Crippen molar-refractivity contribution in [2.45, 2.75) is 69.6 Å². The first-order valence-corrected chi connectivity index (χ1v) is 13.4. The predicted octanol–water partition coefficient (Wildman–Crippen LogP) is 3.17. The van der Waals surface area contributed by atoms with E-state index in [0.717, 1.165) is 22.6 Å². The Morgan fingerprint density at radius 2 is 1.78 bits per heavy atom. The minimum Gasteiger partial charge on any atom is -0.444 e. The summed E-state index contributed by atoms with van der Waals surface area (Å²) in [6, 6.07) is 9.90. The van der Waals surface area contributed by atoms with E-state index in [0.29, 0.717) is 0 Å². The van der Waals surface area contributed by atoms with E-state index in [1.54, 1.807) is 45.0 Å². The highest BCUT2D eigenvalue weighted by Gasteiger charge is 2.36. The summed E-state index contributed by atoms with van der Waals surface area (Å²) in [5, 5.41) is 21.6. The fraction of sp³-hybridized carbons (Fsp3) is 0.480. The number of rotatable bonds is 5. The molecule has 1 aromatic carbocycles. The predicted molar refractivity (Wildman–Crippen MR) is 135 cm³/mol. The van der Waals surface area contributed by atoms with Crippen molar-refractivity contribution in [3.05, 3.63) is 48.4 Å². The molecule has 1 saturated heterocycles. The Labute approximate surface area is 211 Å². The highest BCUT2D eigenvalue weighted by atomic mass is 32.2. The summed E-state index contributed by atoms with van der Waals surface area (Å²) in [6.07, 6.45) is 0.538. The van der Waals surface area contributed by atoms with Crippen molar-refractivity contribution in [2.75, 3.05) is 13.1 Å². The maximum atomic E-state index is 13.2. The summed E-state index contributed by atoms with van der Waals surface area (Å²) in [7, 11) is -3.81. The molecule has 4 rings (SSSR count). The van der Waals surface area contributed by atoms with Gasteiger partial charge in [-0.05, 0) is 62.6 Å². The number of hydrogen-bond acceptors (Lipinski definition) is 7. The molecule has 1 fully saturated rings. The number of fused-ring (bicyclic) bond motifs is 1. The zero-order chi connectivity index (χ0) is 26.3. The van der Waals surface area contributed by atoms with E-state index in [9.17, 15) is 18.3 Å². The van der Waals surface area contributed by atoms with Gasteiger partial charge in [0.1, 0.15) is 11.4 Å². The molecular weight excluding hydrogens is 482 g/mol. The number of aliphatic hydroxyl groups is 1. The molecule has 3 aromatic rings. The van der Waals surface area contributed by atoms with Gasteiger partial charge in [0.15, 0.2) is 5.65 Å². The van der Waals surface area contributed by atoms with Crippen molar-refractivity contribution in [1.82, 2.24) is 24.2 Å². The average Bonchev–Trinajstić information content (AvgIpc) is 3.23. The quantitative estimate of drug-likeness (QED) is 0.534. The zero-order valence-electron chi connectivity index (χ0n) is 21.2. The molecule has 2 atom stereocenters. The highest BCUT2D eigenvalue weighted by molar-refractivity contribution is 7.89. The Balaban J connectivity index is 1.46. The van der Waals surface area contributed by atoms with Crippen molar-refractivity contribution < 1.29 is 23.1 Å². The number of carbonyl (C=O) groups is 1. The lowest BCUT2D eigenvalue weighted by atomic mass is 10.0. The first-order chi connectivity index (χ1) is 16.8. The summed E-state index contributed by atoms with van der Waals surface area (Å²) in [4.78, 5) is 12.2. The second-order valence-corrected chi connectivity index (χ2v) is 12.3. The molecule has 0 spiro atoms. The van der Waals surface area contributed by atoms with Crippen molar-refractivity contribution in [3.63, 3.8) is 0 Å². The number of benzene rings is 1. The number of piperidine rings is 1. The van der Waals surface area contributed by atoms with Crippen molar-refractivity contribution in [2.24, 2.45) is 0 Å². The van der Waals surface area contributed by atoms with Gasteiger partial charge in [-0.25, -0.2) is 13.2 Å². The van der Waals surface area contributed by atoms with Gasteiger partial charge in [-0.1, -0.05) is 26.0 Å². The van der Waals surface area contributed by atoms with E-state index in [1.165, 1.54) is 4.31 Å². The van der Waals surface area contributed by atoms with Crippen LogP contribution in [-0.4, -0.2) is 69.4 Å². The van der Waals surface area contributed by atoms with Gasteiger partial charge in [-0.15, -0.1) is 10.2 Å². The number of pyridine rings is 1. The molecule has 36 heavy (non-hydrogen) atoms. The molecule has 1 aliphatic heterocycles. The highest BCUT2D eigenvalue weighted by Crippen LogP contribution is 2.26. The molecule has 2 aromatic heterocycles. The average molecular weight is 516 g/mol. The molecule has 3 heterocycles. The molecule has 0 bridgehead atoms. The van der Waals surface area contributed by atoms with Gasteiger partial charge in [0.25, 0.3) is 0 Å². The van der Waals surface area contributed by atoms with Crippen LogP contribution in [0, 0.1) is 0 Å². The molecule has 0 saturated carbocycles. The number of amides is 1. The minimum absolute atomic E-state index is 0.118. The van der Waals surface area contributed by atoms with Crippen LogP contribution in [-0.2, 0) is 14.8 Å². The molecule has 0 unspecified atom stereocenters. The van der Waals surface area contributed by atoms with Crippen LogP contribution in [0.1, 0.15) is 52.8 Å². The number of hydrogen-bond donors (Lipinski definition) is 2. The number of alkyl carbamates (subject to hydrolysis) is 1. The summed E-state index contributed by atoms with van der Waals surface area (Å²) >= 11 is 0. The van der Waals surface area contributed by atoms with Gasteiger partial charge in [0.2, 0.25) is 10.0 Å². The molecular formula is C25H33N5O5S. The Hall–Kier alpha value is -3.02. The smallest absolute Gasteiger partial charge is 0.407 e. The maximum Gasteiger partial charge on any atom is 0.407 e. The number of aromatic nitrogens is 3. The largest absolute Gasteiger partial charge is 0.444 e. The summed E-state index contributed by atoms with van der Waals surface area (Å²) in [6.45, 7) is 9.40. The van der Waals surface area contributed by atoms with Crippen LogP contribution in [0.4, 0.5) is 4.79 Å². The monoisotopic (exact) mass is 515 g/mol. The fourth-order valence-corrected chi connectivity index (χ4v) is 5.66. The third-order valence-electron chi connectivity index (χ3n) is 6.02. The number of nitrogens with zero attached hydrogens (tertiary/aromatic N) is 4. The Morgan fingerprint density at radius 1 is 1.11 bits per heavy atom. The van der Waals surface area contributed by atoms with Crippen LogP contribution < -0.4 is 5.32 Å². The number of ether oxygens (including phenoxy) is 1. The zero-order valence-corrected chi connectivity index (χ0v) is 22.0. The second kappa shape index (κ2) is 9.79. The summed E-state index contributed by atoms with van der Waals surface area (Å²) in [5.41, 5.74) is 1.87. The van der Waals surface area contributed by atoms with Crippen molar-refractivity contribution in [1.29, 1.82) is 0 Å². The summed E-state index contributed by atoms with van der Waals surface area (Å²) < 4.78 is 34.9. The van der Waals surface area contributed by atoms with Gasteiger partial charge in [0, 0.05) is 25.2 Å². The van der Waals surface area contributed by atoms with Gasteiger partial charge in [0.05, 0.1) is 17.0 Å². The molecule has 1 aliphatic rings. The molecule has 0 radical (unpaired) electrons. The number of carbonyl (C=O) groups excluding carboxylic acids is 1. The Kier molecular flexibility index (Phi) is 7.09. The van der Waals surface area contributed by atoms with Gasteiger partial charge in [-0.3, -0.25) is 4.40 Å². The SMILES string of the molecule is CC(C)c1nnc2ccc(-c3ccc(S(=O)(=O)N4CC[C@H](NC(=O)OC(C)(C)C)[C@H](O)C4)cc3)cn12. The van der Waals surface area contributed by atoms with Crippen LogP contribution >= 0.6 is 0 Å². The lowest BCUT2D eigenvalue weighted by molar-refractivity contribution is 0.0323. The molecule has 11 heteroatoms. The maximum absolute atomic E-state index is 13.2. The van der Waals surface area contributed by atoms with Crippen molar-refractivity contribution >= 4 is 21.8 Å². The van der Waals surface area contributed by atoms with Crippen LogP contribution in [0.2, 0.25) is 0 Å². The van der Waals surface area contributed by atoms with Gasteiger partial charge in [-0.2, -0.15) is 4.31 Å². The third-order valence-corrected chi connectivity index (χ3v) is 7.90. The molecule has 1 amide bonds. The number of nitrogens with one attached hydrogen (secondary N) is 1. The third kappa shape index (κ3) is 5.53. The Morgan fingerprint density at radius 3 is 2.39 bits per heavy atom. The normalized spacial score (nSPS) is 19.5. The number of sulfonamides is 1. The number of aliphatic hydroxyl groups excluding tert-OH is 1. The molecule has 0 aliphatic carbocycles. The first kappa shape index (κ1) is 26.1. The van der Waals surface area contributed by atoms with E-state index >= 15 is 0 Å². The van der Waals surface area contributed by atoms with Crippen LogP contribution in [0.5, 0.6) is 0 Å². The van der Waals surface area contributed by atoms with E-state index in [1.807, 2.05) is 22.7 Å². The molecule has 194 valence electrons. The van der Waals surface area contributed by atoms with E-state index in [2.05, 4.69) is 29.4 Å².